The van der Waals surface area contributed by atoms with Gasteiger partial charge in [0.25, 0.3) is 0 Å². The van der Waals surface area contributed by atoms with E-state index in [1.54, 1.807) is 6.07 Å². The van der Waals surface area contributed by atoms with Crippen LogP contribution in [0.3, 0.4) is 0 Å². The summed E-state index contributed by atoms with van der Waals surface area (Å²) in [6.45, 7) is 7.68. The minimum absolute atomic E-state index is 0.469. The van der Waals surface area contributed by atoms with Crippen LogP contribution in [0.1, 0.15) is 32.4 Å². The number of halogens is 1. The van der Waals surface area contributed by atoms with Gasteiger partial charge in [0.15, 0.2) is 5.22 Å². The Morgan fingerprint density at radius 2 is 2.12 bits per heavy atom. The molecule has 0 saturated carbocycles. The molecular weight excluding hydrogens is 236 g/mol. The van der Waals surface area contributed by atoms with E-state index in [2.05, 4.69) is 24.1 Å². The van der Waals surface area contributed by atoms with Crippen LogP contribution in [0.2, 0.25) is 5.22 Å². The number of furan rings is 1. The van der Waals surface area contributed by atoms with Gasteiger partial charge in [-0.25, -0.2) is 0 Å². The molecule has 3 nitrogen and oxygen atoms in total. The van der Waals surface area contributed by atoms with Crippen molar-refractivity contribution in [2.24, 2.45) is 0 Å². The zero-order valence-electron chi connectivity index (χ0n) is 10.6. The predicted molar refractivity (Wildman–Crippen MR) is 70.3 cm³/mol. The van der Waals surface area contributed by atoms with E-state index < -0.39 is 0 Å². The van der Waals surface area contributed by atoms with Gasteiger partial charge in [-0.3, -0.25) is 0 Å². The summed E-state index contributed by atoms with van der Waals surface area (Å²) in [7, 11) is 0. The fourth-order valence-electron chi connectivity index (χ4n) is 2.31. The van der Waals surface area contributed by atoms with E-state index in [0.29, 0.717) is 17.3 Å². The first-order valence-corrected chi connectivity index (χ1v) is 6.74. The summed E-state index contributed by atoms with van der Waals surface area (Å²) >= 11 is 5.73. The van der Waals surface area contributed by atoms with E-state index >= 15 is 0 Å². The summed E-state index contributed by atoms with van der Waals surface area (Å²) < 4.78 is 5.33. The summed E-state index contributed by atoms with van der Waals surface area (Å²) in [5.41, 5.74) is 0. The molecule has 1 N–H and O–H groups in total. The molecule has 0 unspecified atom stereocenters. The molecule has 0 atom stereocenters. The minimum atomic E-state index is 0.469. The van der Waals surface area contributed by atoms with Crippen molar-refractivity contribution in [3.63, 3.8) is 0 Å². The van der Waals surface area contributed by atoms with Crippen LogP contribution in [0.15, 0.2) is 16.5 Å². The first-order chi connectivity index (χ1) is 8.15. The molecule has 96 valence electrons. The van der Waals surface area contributed by atoms with Crippen LogP contribution in [0.5, 0.6) is 0 Å². The molecule has 1 aliphatic rings. The highest BCUT2D eigenvalue weighted by Gasteiger charge is 2.20. The molecule has 0 spiro atoms. The highest BCUT2D eigenvalue weighted by molar-refractivity contribution is 6.28. The van der Waals surface area contributed by atoms with E-state index in [1.807, 2.05) is 6.07 Å². The summed E-state index contributed by atoms with van der Waals surface area (Å²) in [6.07, 6.45) is 2.43. The van der Waals surface area contributed by atoms with Crippen LogP contribution in [0.4, 0.5) is 0 Å². The number of hydrogen-bond donors (Lipinski definition) is 1. The van der Waals surface area contributed by atoms with Crippen LogP contribution < -0.4 is 5.32 Å². The fourth-order valence-corrected chi connectivity index (χ4v) is 2.47. The Morgan fingerprint density at radius 3 is 2.65 bits per heavy atom. The van der Waals surface area contributed by atoms with E-state index in [0.717, 1.165) is 12.3 Å². The summed E-state index contributed by atoms with van der Waals surface area (Å²) in [4.78, 5) is 2.53. The molecule has 2 heterocycles. The number of rotatable bonds is 4. The molecule has 1 aromatic heterocycles. The van der Waals surface area contributed by atoms with Gasteiger partial charge in [-0.15, -0.1) is 0 Å². The van der Waals surface area contributed by atoms with Gasteiger partial charge in [-0.1, -0.05) is 0 Å². The third kappa shape index (κ3) is 3.73. The lowest BCUT2D eigenvalue weighted by Crippen LogP contribution is -2.44. The summed E-state index contributed by atoms with van der Waals surface area (Å²) in [6, 6.07) is 4.99. The number of nitrogens with one attached hydrogen (secondary N) is 1. The molecule has 0 aliphatic carbocycles. The van der Waals surface area contributed by atoms with E-state index in [9.17, 15) is 0 Å². The molecule has 1 aliphatic heterocycles. The smallest absolute Gasteiger partial charge is 0.193 e. The van der Waals surface area contributed by atoms with Crippen molar-refractivity contribution in [1.29, 1.82) is 0 Å². The van der Waals surface area contributed by atoms with Gasteiger partial charge in [-0.05, 0) is 63.5 Å². The van der Waals surface area contributed by atoms with Gasteiger partial charge in [0.1, 0.15) is 5.76 Å². The number of piperidine rings is 1. The SMILES string of the molecule is CC(C)N1CCC(NCc2ccc(Cl)o2)CC1. The van der Waals surface area contributed by atoms with Crippen molar-refractivity contribution in [3.8, 4) is 0 Å². The van der Waals surface area contributed by atoms with Crippen molar-refractivity contribution >= 4 is 11.6 Å². The molecule has 0 radical (unpaired) electrons. The average Bonchev–Trinajstić information content (AvgIpc) is 2.73. The second-order valence-electron chi connectivity index (χ2n) is 4.99. The van der Waals surface area contributed by atoms with Crippen LogP contribution in [-0.2, 0) is 6.54 Å². The lowest BCUT2D eigenvalue weighted by Gasteiger charge is -2.34. The molecule has 1 fully saturated rings. The Morgan fingerprint density at radius 1 is 1.41 bits per heavy atom. The topological polar surface area (TPSA) is 28.4 Å². The van der Waals surface area contributed by atoms with E-state index in [-0.39, 0.29) is 0 Å². The molecule has 0 amide bonds. The van der Waals surface area contributed by atoms with E-state index in [1.165, 1.54) is 25.9 Å². The van der Waals surface area contributed by atoms with Gasteiger partial charge in [0, 0.05) is 12.1 Å². The number of hydrogen-bond acceptors (Lipinski definition) is 3. The molecular formula is C13H21ClN2O. The first kappa shape index (κ1) is 12.9. The molecule has 2 rings (SSSR count). The van der Waals surface area contributed by atoms with Crippen LogP contribution in [0, 0.1) is 0 Å². The predicted octanol–water partition coefficient (Wildman–Crippen LogP) is 2.90. The number of nitrogens with zero attached hydrogens (tertiary/aromatic N) is 1. The third-order valence-electron chi connectivity index (χ3n) is 3.45. The van der Waals surface area contributed by atoms with Gasteiger partial charge in [0.2, 0.25) is 0 Å². The normalized spacial score (nSPS) is 19.1. The van der Waals surface area contributed by atoms with E-state index in [4.69, 9.17) is 16.0 Å². The van der Waals surface area contributed by atoms with Crippen molar-refractivity contribution < 1.29 is 4.42 Å². The Bertz CT molecular complexity index is 343. The van der Waals surface area contributed by atoms with Crippen molar-refractivity contribution in [1.82, 2.24) is 10.2 Å². The molecule has 1 saturated heterocycles. The minimum Gasteiger partial charge on any atom is -0.448 e. The second-order valence-corrected chi connectivity index (χ2v) is 5.36. The Kier molecular flexibility index (Phi) is 4.48. The van der Waals surface area contributed by atoms with Crippen LogP contribution in [0.25, 0.3) is 0 Å². The Labute approximate surface area is 108 Å². The van der Waals surface area contributed by atoms with Crippen LogP contribution in [-0.4, -0.2) is 30.1 Å². The molecule has 0 aromatic carbocycles. The lowest BCUT2D eigenvalue weighted by atomic mass is 10.0. The maximum atomic E-state index is 5.73. The maximum Gasteiger partial charge on any atom is 0.193 e. The third-order valence-corrected chi connectivity index (χ3v) is 3.66. The van der Waals surface area contributed by atoms with Gasteiger partial charge < -0.3 is 14.6 Å². The monoisotopic (exact) mass is 256 g/mol. The largest absolute Gasteiger partial charge is 0.448 e. The zero-order chi connectivity index (χ0) is 12.3. The van der Waals surface area contributed by atoms with Gasteiger partial charge >= 0.3 is 0 Å². The summed E-state index contributed by atoms with van der Waals surface area (Å²) in [5.74, 6) is 0.918. The van der Waals surface area contributed by atoms with Crippen molar-refractivity contribution in [3.05, 3.63) is 23.1 Å². The van der Waals surface area contributed by atoms with Crippen molar-refractivity contribution in [2.75, 3.05) is 13.1 Å². The quantitative estimate of drug-likeness (QED) is 0.898. The highest BCUT2D eigenvalue weighted by Crippen LogP contribution is 2.15. The molecule has 4 heteroatoms. The average molecular weight is 257 g/mol. The molecule has 0 bridgehead atoms. The standard InChI is InChI=1S/C13H21ClN2O/c1-10(2)16-7-5-11(6-8-16)15-9-12-3-4-13(14)17-12/h3-4,10-11,15H,5-9H2,1-2H3. The molecule has 17 heavy (non-hydrogen) atoms. The fraction of sp³-hybridized carbons (Fsp3) is 0.692. The van der Waals surface area contributed by atoms with Crippen molar-refractivity contribution in [2.45, 2.75) is 45.3 Å². The van der Waals surface area contributed by atoms with Gasteiger partial charge in [-0.2, -0.15) is 0 Å². The summed E-state index contributed by atoms with van der Waals surface area (Å²) in [5, 5.41) is 4.00. The maximum absolute atomic E-state index is 5.73. The van der Waals surface area contributed by atoms with Gasteiger partial charge in [0.05, 0.1) is 6.54 Å². The zero-order valence-corrected chi connectivity index (χ0v) is 11.3. The first-order valence-electron chi connectivity index (χ1n) is 6.37. The Hall–Kier alpha value is -0.510. The Balaban J connectivity index is 1.71. The van der Waals surface area contributed by atoms with Crippen LogP contribution >= 0.6 is 11.6 Å². The second kappa shape index (κ2) is 5.89. The number of likely N-dealkylation sites (tertiary alicyclic amines) is 1. The lowest BCUT2D eigenvalue weighted by molar-refractivity contribution is 0.160. The molecule has 1 aromatic rings. The highest BCUT2D eigenvalue weighted by atomic mass is 35.5.